The summed E-state index contributed by atoms with van der Waals surface area (Å²) in [5.74, 6) is 1.44. The van der Waals surface area contributed by atoms with E-state index in [9.17, 15) is 0 Å². The minimum absolute atomic E-state index is 0.473. The molecular weight excluding hydrogens is 392 g/mol. The van der Waals surface area contributed by atoms with E-state index < -0.39 is 0 Å². The fourth-order valence-electron chi connectivity index (χ4n) is 3.72. The van der Waals surface area contributed by atoms with E-state index in [0.717, 1.165) is 48.8 Å². The Balaban J connectivity index is 1.91. The molecule has 4 aromatic rings. The molecular formula is C21H15BrN2O2. The van der Waals surface area contributed by atoms with Crippen molar-refractivity contribution in [2.24, 2.45) is 0 Å². The van der Waals surface area contributed by atoms with Crippen LogP contribution in [0.15, 0.2) is 47.1 Å². The Kier molecular flexibility index (Phi) is 3.40. The third kappa shape index (κ3) is 2.07. The number of nitrogens with zero attached hydrogens (tertiary/aromatic N) is 2. The molecule has 0 aliphatic carbocycles. The molecule has 5 heteroatoms. The minimum atomic E-state index is 0.473. The molecule has 0 saturated carbocycles. The van der Waals surface area contributed by atoms with Crippen molar-refractivity contribution in [1.82, 2.24) is 9.97 Å². The van der Waals surface area contributed by atoms with E-state index in [4.69, 9.17) is 14.5 Å². The molecule has 0 N–H and O–H groups in total. The van der Waals surface area contributed by atoms with Crippen molar-refractivity contribution in [3.05, 3.63) is 58.2 Å². The van der Waals surface area contributed by atoms with E-state index in [1.165, 1.54) is 5.56 Å². The van der Waals surface area contributed by atoms with Gasteiger partial charge in [-0.05, 0) is 46.6 Å². The summed E-state index contributed by atoms with van der Waals surface area (Å²) < 4.78 is 12.5. The fourth-order valence-corrected chi connectivity index (χ4v) is 4.22. The molecule has 0 unspecified atom stereocenters. The molecule has 128 valence electrons. The maximum absolute atomic E-state index is 6.08. The van der Waals surface area contributed by atoms with Crippen LogP contribution in [0.4, 0.5) is 0 Å². The molecule has 0 bridgehead atoms. The summed E-state index contributed by atoms with van der Waals surface area (Å²) in [5.41, 5.74) is 6.02. The SMILES string of the molecule is COc1ccc(Br)c2c1OCc1c-2nc2cnc3ccccc3c2c1C. The first-order chi connectivity index (χ1) is 12.7. The number of halogens is 1. The lowest BCUT2D eigenvalue weighted by atomic mass is 9.94. The highest BCUT2D eigenvalue weighted by molar-refractivity contribution is 9.10. The van der Waals surface area contributed by atoms with Crippen LogP contribution in [0.1, 0.15) is 11.1 Å². The number of aryl methyl sites for hydroxylation is 1. The number of aromatic nitrogens is 2. The maximum atomic E-state index is 6.08. The minimum Gasteiger partial charge on any atom is -0.493 e. The largest absolute Gasteiger partial charge is 0.493 e. The van der Waals surface area contributed by atoms with E-state index in [1.54, 1.807) is 7.11 Å². The molecule has 1 aliphatic rings. The summed E-state index contributed by atoms with van der Waals surface area (Å²) in [4.78, 5) is 9.56. The van der Waals surface area contributed by atoms with Crippen LogP contribution in [0.25, 0.3) is 33.1 Å². The van der Waals surface area contributed by atoms with Crippen LogP contribution in [0, 0.1) is 6.92 Å². The Hall–Kier alpha value is -2.66. The molecule has 1 aliphatic heterocycles. The topological polar surface area (TPSA) is 44.2 Å². The van der Waals surface area contributed by atoms with Gasteiger partial charge in [-0.25, -0.2) is 4.98 Å². The normalized spacial score (nSPS) is 12.6. The van der Waals surface area contributed by atoms with Gasteiger partial charge in [-0.15, -0.1) is 0 Å². The van der Waals surface area contributed by atoms with Crippen LogP contribution in [0.2, 0.25) is 0 Å². The van der Waals surface area contributed by atoms with Gasteiger partial charge in [0.05, 0.1) is 35.6 Å². The Bertz CT molecular complexity index is 1200. The van der Waals surface area contributed by atoms with Gasteiger partial charge >= 0.3 is 0 Å². The smallest absolute Gasteiger partial charge is 0.172 e. The van der Waals surface area contributed by atoms with Gasteiger partial charge in [0.2, 0.25) is 0 Å². The Morgan fingerprint density at radius 2 is 1.96 bits per heavy atom. The molecule has 2 aromatic heterocycles. The molecule has 26 heavy (non-hydrogen) atoms. The molecule has 2 aromatic carbocycles. The predicted octanol–water partition coefficient (Wildman–Crippen LogP) is 5.42. The quantitative estimate of drug-likeness (QED) is 0.395. The number of para-hydroxylation sites is 1. The number of pyridine rings is 2. The number of fused-ring (bicyclic) bond motifs is 6. The standard InChI is InChI=1S/C21H15BrN2O2/c1-11-13-10-26-21-17(25-2)8-7-14(22)19(21)20(13)24-16-9-23-15-6-4-3-5-12(15)18(11)16/h3-9H,10H2,1-2H3. The summed E-state index contributed by atoms with van der Waals surface area (Å²) in [6, 6.07) is 12.0. The molecule has 0 amide bonds. The second kappa shape index (κ2) is 5.68. The summed E-state index contributed by atoms with van der Waals surface area (Å²) in [7, 11) is 1.65. The van der Waals surface area contributed by atoms with Crippen LogP contribution in [0.3, 0.4) is 0 Å². The molecule has 5 rings (SSSR count). The number of methoxy groups -OCH3 is 1. The first kappa shape index (κ1) is 15.6. The van der Waals surface area contributed by atoms with Gasteiger partial charge in [-0.1, -0.05) is 18.2 Å². The average Bonchev–Trinajstić information content (AvgIpc) is 2.67. The van der Waals surface area contributed by atoms with Gasteiger partial charge in [-0.2, -0.15) is 0 Å². The van der Waals surface area contributed by atoms with Crippen LogP contribution >= 0.6 is 15.9 Å². The van der Waals surface area contributed by atoms with E-state index in [-0.39, 0.29) is 0 Å². The Labute approximate surface area is 158 Å². The first-order valence-electron chi connectivity index (χ1n) is 8.35. The zero-order chi connectivity index (χ0) is 17.8. The predicted molar refractivity (Wildman–Crippen MR) is 106 cm³/mol. The highest BCUT2D eigenvalue weighted by Crippen LogP contribution is 2.48. The van der Waals surface area contributed by atoms with Gasteiger partial charge in [0.1, 0.15) is 6.61 Å². The fraction of sp³-hybridized carbons (Fsp3) is 0.143. The number of benzene rings is 2. The molecule has 0 radical (unpaired) electrons. The van der Waals surface area contributed by atoms with E-state index in [2.05, 4.69) is 33.9 Å². The summed E-state index contributed by atoms with van der Waals surface area (Å²) in [6.45, 7) is 2.61. The van der Waals surface area contributed by atoms with Crippen molar-refractivity contribution < 1.29 is 9.47 Å². The second-order valence-electron chi connectivity index (χ2n) is 6.34. The summed E-state index contributed by atoms with van der Waals surface area (Å²) in [5, 5.41) is 2.26. The number of hydrogen-bond acceptors (Lipinski definition) is 4. The molecule has 0 saturated heterocycles. The van der Waals surface area contributed by atoms with Crippen LogP contribution in [-0.4, -0.2) is 17.1 Å². The Morgan fingerprint density at radius 1 is 1.12 bits per heavy atom. The van der Waals surface area contributed by atoms with Gasteiger partial charge in [0, 0.05) is 20.8 Å². The number of rotatable bonds is 1. The number of hydrogen-bond donors (Lipinski definition) is 0. The lowest BCUT2D eigenvalue weighted by Crippen LogP contribution is -2.11. The van der Waals surface area contributed by atoms with Crippen molar-refractivity contribution in [3.8, 4) is 22.8 Å². The second-order valence-corrected chi connectivity index (χ2v) is 7.20. The third-order valence-corrected chi connectivity index (χ3v) is 5.65. The average molecular weight is 407 g/mol. The highest BCUT2D eigenvalue weighted by atomic mass is 79.9. The van der Waals surface area contributed by atoms with Crippen molar-refractivity contribution >= 4 is 37.7 Å². The van der Waals surface area contributed by atoms with Crippen molar-refractivity contribution in [1.29, 1.82) is 0 Å². The highest BCUT2D eigenvalue weighted by Gasteiger charge is 2.27. The molecule has 3 heterocycles. The van der Waals surface area contributed by atoms with Crippen molar-refractivity contribution in [2.45, 2.75) is 13.5 Å². The van der Waals surface area contributed by atoms with Gasteiger partial charge in [0.25, 0.3) is 0 Å². The first-order valence-corrected chi connectivity index (χ1v) is 9.15. The zero-order valence-electron chi connectivity index (χ0n) is 14.3. The summed E-state index contributed by atoms with van der Waals surface area (Å²) >= 11 is 3.65. The van der Waals surface area contributed by atoms with Gasteiger partial charge in [-0.3, -0.25) is 4.98 Å². The van der Waals surface area contributed by atoms with Crippen LogP contribution < -0.4 is 9.47 Å². The molecule has 0 atom stereocenters. The van der Waals surface area contributed by atoms with Crippen molar-refractivity contribution in [3.63, 3.8) is 0 Å². The zero-order valence-corrected chi connectivity index (χ0v) is 15.9. The van der Waals surface area contributed by atoms with E-state index in [1.807, 2.05) is 36.5 Å². The van der Waals surface area contributed by atoms with E-state index in [0.29, 0.717) is 12.4 Å². The lowest BCUT2D eigenvalue weighted by Gasteiger charge is -2.25. The van der Waals surface area contributed by atoms with Gasteiger partial charge in [0.15, 0.2) is 11.5 Å². The molecule has 0 spiro atoms. The third-order valence-electron chi connectivity index (χ3n) is 4.99. The number of ether oxygens (including phenoxy) is 2. The van der Waals surface area contributed by atoms with Crippen LogP contribution in [-0.2, 0) is 6.61 Å². The van der Waals surface area contributed by atoms with E-state index >= 15 is 0 Å². The lowest BCUT2D eigenvalue weighted by molar-refractivity contribution is 0.280. The monoisotopic (exact) mass is 406 g/mol. The Morgan fingerprint density at radius 3 is 2.81 bits per heavy atom. The van der Waals surface area contributed by atoms with Crippen LogP contribution in [0.5, 0.6) is 11.5 Å². The van der Waals surface area contributed by atoms with Gasteiger partial charge < -0.3 is 9.47 Å². The molecule has 0 fully saturated rings. The summed E-state index contributed by atoms with van der Waals surface area (Å²) in [6.07, 6.45) is 1.86. The van der Waals surface area contributed by atoms with Crippen molar-refractivity contribution in [2.75, 3.05) is 7.11 Å². The maximum Gasteiger partial charge on any atom is 0.172 e. The molecule has 4 nitrogen and oxygen atoms in total.